The molecule has 1 saturated heterocycles. The predicted molar refractivity (Wildman–Crippen MR) is 30.7 cm³/mol. The second-order valence-corrected chi connectivity index (χ2v) is 2.36. The van der Waals surface area contributed by atoms with Gasteiger partial charge in [-0.05, 0) is 19.8 Å². The van der Waals surface area contributed by atoms with E-state index in [2.05, 4.69) is 0 Å². The van der Waals surface area contributed by atoms with Crippen molar-refractivity contribution in [1.29, 1.82) is 0 Å². The lowest BCUT2D eigenvalue weighted by Crippen LogP contribution is -2.26. The summed E-state index contributed by atoms with van der Waals surface area (Å²) in [6.45, 7) is 2.71. The maximum absolute atomic E-state index is 9.00. The van der Waals surface area contributed by atoms with Crippen LogP contribution in [0.25, 0.3) is 0 Å². The number of aliphatic hydroxyl groups is 1. The van der Waals surface area contributed by atoms with Gasteiger partial charge in [0.1, 0.15) is 0 Å². The monoisotopic (exact) mass is 116 g/mol. The Morgan fingerprint density at radius 2 is 2.38 bits per heavy atom. The minimum absolute atomic E-state index is 0.112. The maximum Gasteiger partial charge on any atom is 0.0586 e. The molecule has 1 N–H and O–H groups in total. The van der Waals surface area contributed by atoms with E-state index in [0.29, 0.717) is 0 Å². The number of hydrogen-bond donors (Lipinski definition) is 1. The SMILES string of the molecule is CC1C[C@H](O)CCO1. The molecule has 0 saturated carbocycles. The molecule has 1 heterocycles. The zero-order valence-corrected chi connectivity index (χ0v) is 5.13. The first-order chi connectivity index (χ1) is 3.79. The van der Waals surface area contributed by atoms with Crippen molar-refractivity contribution in [3.63, 3.8) is 0 Å². The van der Waals surface area contributed by atoms with Gasteiger partial charge in [-0.1, -0.05) is 0 Å². The van der Waals surface area contributed by atoms with Crippen molar-refractivity contribution in [1.82, 2.24) is 0 Å². The fraction of sp³-hybridized carbons (Fsp3) is 1.00. The van der Waals surface area contributed by atoms with Crippen LogP contribution < -0.4 is 0 Å². The van der Waals surface area contributed by atoms with Gasteiger partial charge in [0.05, 0.1) is 12.2 Å². The quantitative estimate of drug-likeness (QED) is 0.500. The molecule has 0 aromatic heterocycles. The molecule has 2 atom stereocenters. The highest BCUT2D eigenvalue weighted by atomic mass is 16.5. The zero-order valence-electron chi connectivity index (χ0n) is 5.13. The fourth-order valence-electron chi connectivity index (χ4n) is 0.974. The van der Waals surface area contributed by atoms with E-state index in [0.717, 1.165) is 19.4 Å². The van der Waals surface area contributed by atoms with Gasteiger partial charge in [0.2, 0.25) is 0 Å². The van der Waals surface area contributed by atoms with Crippen molar-refractivity contribution >= 4 is 0 Å². The van der Waals surface area contributed by atoms with Crippen LogP contribution in [0.15, 0.2) is 0 Å². The van der Waals surface area contributed by atoms with Crippen LogP contribution in [0.4, 0.5) is 0 Å². The van der Waals surface area contributed by atoms with Crippen molar-refractivity contribution in [2.75, 3.05) is 6.61 Å². The van der Waals surface area contributed by atoms with E-state index in [4.69, 9.17) is 9.84 Å². The lowest BCUT2D eigenvalue weighted by atomic mass is 10.1. The van der Waals surface area contributed by atoms with Crippen LogP contribution >= 0.6 is 0 Å². The third-order valence-corrected chi connectivity index (χ3v) is 1.46. The minimum Gasteiger partial charge on any atom is -0.393 e. The molecule has 0 radical (unpaired) electrons. The molecular weight excluding hydrogens is 104 g/mol. The van der Waals surface area contributed by atoms with Crippen LogP contribution in [-0.4, -0.2) is 23.9 Å². The highest BCUT2D eigenvalue weighted by Gasteiger charge is 2.15. The van der Waals surface area contributed by atoms with E-state index in [-0.39, 0.29) is 12.2 Å². The maximum atomic E-state index is 9.00. The van der Waals surface area contributed by atoms with Gasteiger partial charge >= 0.3 is 0 Å². The molecular formula is C6H12O2. The lowest BCUT2D eigenvalue weighted by Gasteiger charge is -2.22. The predicted octanol–water partition coefficient (Wildman–Crippen LogP) is 0.546. The van der Waals surface area contributed by atoms with Gasteiger partial charge in [-0.25, -0.2) is 0 Å². The van der Waals surface area contributed by atoms with Gasteiger partial charge < -0.3 is 9.84 Å². The Bertz CT molecular complexity index is 64.9. The van der Waals surface area contributed by atoms with Crippen molar-refractivity contribution in [2.45, 2.75) is 32.0 Å². The van der Waals surface area contributed by atoms with Gasteiger partial charge in [-0.2, -0.15) is 0 Å². The number of hydrogen-bond acceptors (Lipinski definition) is 2. The smallest absolute Gasteiger partial charge is 0.0586 e. The largest absolute Gasteiger partial charge is 0.393 e. The van der Waals surface area contributed by atoms with E-state index in [9.17, 15) is 0 Å². The van der Waals surface area contributed by atoms with Crippen LogP contribution in [0.3, 0.4) is 0 Å². The molecule has 8 heavy (non-hydrogen) atoms. The second-order valence-electron chi connectivity index (χ2n) is 2.36. The van der Waals surface area contributed by atoms with Gasteiger partial charge in [0.15, 0.2) is 0 Å². The molecule has 2 nitrogen and oxygen atoms in total. The van der Waals surface area contributed by atoms with E-state index < -0.39 is 0 Å². The summed E-state index contributed by atoms with van der Waals surface area (Å²) < 4.78 is 5.19. The van der Waals surface area contributed by atoms with Crippen molar-refractivity contribution in [3.8, 4) is 0 Å². The van der Waals surface area contributed by atoms with E-state index >= 15 is 0 Å². The molecule has 0 aliphatic carbocycles. The Labute approximate surface area is 49.5 Å². The molecule has 1 aliphatic rings. The Kier molecular flexibility index (Phi) is 1.86. The zero-order chi connectivity index (χ0) is 5.98. The number of aliphatic hydroxyl groups excluding tert-OH is 1. The summed E-state index contributed by atoms with van der Waals surface area (Å²) in [5, 5.41) is 9.00. The summed E-state index contributed by atoms with van der Waals surface area (Å²) in [5.41, 5.74) is 0. The molecule has 1 fully saturated rings. The van der Waals surface area contributed by atoms with Gasteiger partial charge in [0.25, 0.3) is 0 Å². The van der Waals surface area contributed by atoms with Crippen molar-refractivity contribution in [2.24, 2.45) is 0 Å². The second kappa shape index (κ2) is 2.46. The first kappa shape index (κ1) is 6.05. The standard InChI is InChI=1S/C6H12O2/c1-5-4-6(7)2-3-8-5/h5-7H,2-4H2,1H3/t5?,6-/m1/s1. The average molecular weight is 116 g/mol. The van der Waals surface area contributed by atoms with Crippen molar-refractivity contribution in [3.05, 3.63) is 0 Å². The molecule has 1 rings (SSSR count). The molecule has 0 aromatic carbocycles. The normalized spacial score (nSPS) is 39.8. The summed E-state index contributed by atoms with van der Waals surface area (Å²) in [4.78, 5) is 0. The topological polar surface area (TPSA) is 29.5 Å². The summed E-state index contributed by atoms with van der Waals surface area (Å²) in [7, 11) is 0. The molecule has 0 aromatic rings. The van der Waals surface area contributed by atoms with Crippen LogP contribution in [0, 0.1) is 0 Å². The molecule has 0 bridgehead atoms. The molecule has 0 amide bonds. The van der Waals surface area contributed by atoms with Gasteiger partial charge in [-0.15, -0.1) is 0 Å². The van der Waals surface area contributed by atoms with Crippen LogP contribution in [0.2, 0.25) is 0 Å². The Morgan fingerprint density at radius 3 is 2.75 bits per heavy atom. The molecule has 2 heteroatoms. The minimum atomic E-state index is -0.112. The van der Waals surface area contributed by atoms with Crippen LogP contribution in [-0.2, 0) is 4.74 Å². The van der Waals surface area contributed by atoms with Crippen LogP contribution in [0.1, 0.15) is 19.8 Å². The fourth-order valence-corrected chi connectivity index (χ4v) is 0.974. The van der Waals surface area contributed by atoms with Crippen LogP contribution in [0.5, 0.6) is 0 Å². The number of ether oxygens (including phenoxy) is 1. The Morgan fingerprint density at radius 1 is 1.62 bits per heavy atom. The number of rotatable bonds is 0. The molecule has 48 valence electrons. The molecule has 1 aliphatic heterocycles. The summed E-state index contributed by atoms with van der Waals surface area (Å²) in [6, 6.07) is 0. The Balaban J connectivity index is 2.23. The van der Waals surface area contributed by atoms with Gasteiger partial charge in [-0.3, -0.25) is 0 Å². The molecule has 1 unspecified atom stereocenters. The summed E-state index contributed by atoms with van der Waals surface area (Å²) in [5.74, 6) is 0. The van der Waals surface area contributed by atoms with E-state index in [1.807, 2.05) is 6.92 Å². The summed E-state index contributed by atoms with van der Waals surface area (Å²) >= 11 is 0. The van der Waals surface area contributed by atoms with E-state index in [1.54, 1.807) is 0 Å². The first-order valence-corrected chi connectivity index (χ1v) is 3.08. The van der Waals surface area contributed by atoms with E-state index in [1.165, 1.54) is 0 Å². The first-order valence-electron chi connectivity index (χ1n) is 3.08. The Hall–Kier alpha value is -0.0800. The highest BCUT2D eigenvalue weighted by Crippen LogP contribution is 2.11. The third-order valence-electron chi connectivity index (χ3n) is 1.46. The van der Waals surface area contributed by atoms with Crippen molar-refractivity contribution < 1.29 is 9.84 Å². The average Bonchev–Trinajstić information content (AvgIpc) is 1.64. The highest BCUT2D eigenvalue weighted by molar-refractivity contribution is 4.65. The molecule has 0 spiro atoms. The third kappa shape index (κ3) is 1.46. The summed E-state index contributed by atoms with van der Waals surface area (Å²) in [6.07, 6.45) is 1.77. The van der Waals surface area contributed by atoms with Gasteiger partial charge in [0, 0.05) is 6.61 Å². The lowest BCUT2D eigenvalue weighted by molar-refractivity contribution is -0.0340.